The summed E-state index contributed by atoms with van der Waals surface area (Å²) in [7, 11) is 0. The molecular formula is C21H28N6O6. The van der Waals surface area contributed by atoms with Gasteiger partial charge in [0.25, 0.3) is 0 Å². The summed E-state index contributed by atoms with van der Waals surface area (Å²) in [6.45, 7) is 0.804. The van der Waals surface area contributed by atoms with Gasteiger partial charge in [0.2, 0.25) is 11.6 Å². The van der Waals surface area contributed by atoms with E-state index in [0.717, 1.165) is 5.56 Å². The van der Waals surface area contributed by atoms with Crippen molar-refractivity contribution < 1.29 is 29.1 Å². The van der Waals surface area contributed by atoms with Gasteiger partial charge in [-0.25, -0.2) is 14.6 Å². The number of rotatable bonds is 12. The van der Waals surface area contributed by atoms with Crippen molar-refractivity contribution in [2.45, 2.75) is 44.0 Å². The Morgan fingerprint density at radius 3 is 2.70 bits per heavy atom. The number of anilines is 1. The Balaban J connectivity index is 1.61. The minimum Gasteiger partial charge on any atom is -0.478 e. The second-order valence-electron chi connectivity index (χ2n) is 7.52. The third-order valence-electron chi connectivity index (χ3n) is 5.05. The van der Waals surface area contributed by atoms with Gasteiger partial charge in [-0.15, -0.1) is 0 Å². The molecule has 0 aliphatic carbocycles. The van der Waals surface area contributed by atoms with E-state index in [1.807, 2.05) is 6.07 Å². The molecule has 2 atom stereocenters. The lowest BCUT2D eigenvalue weighted by Crippen LogP contribution is -2.67. The molecule has 1 fully saturated rings. The zero-order valence-electron chi connectivity index (χ0n) is 18.0. The topological polar surface area (TPSA) is 167 Å². The number of nitrogens with one attached hydrogen (secondary N) is 5. The van der Waals surface area contributed by atoms with Crippen molar-refractivity contribution in [3.63, 3.8) is 0 Å². The number of aromatic amines is 1. The van der Waals surface area contributed by atoms with Crippen LogP contribution in [0.1, 0.15) is 31.2 Å². The molecule has 2 amide bonds. The predicted octanol–water partition coefficient (Wildman–Crippen LogP) is 1.11. The zero-order chi connectivity index (χ0) is 23.5. The average Bonchev–Trinajstić information content (AvgIpc) is 3.52. The van der Waals surface area contributed by atoms with Gasteiger partial charge in [0.1, 0.15) is 12.6 Å². The number of benzene rings is 1. The number of hydrogen-bond donors (Lipinski definition) is 6. The molecule has 1 aromatic carbocycles. The molecule has 178 valence electrons. The summed E-state index contributed by atoms with van der Waals surface area (Å²) in [5.74, 6) is -1.39. The van der Waals surface area contributed by atoms with Crippen molar-refractivity contribution in [3.8, 4) is 0 Å². The summed E-state index contributed by atoms with van der Waals surface area (Å²) >= 11 is 0. The highest BCUT2D eigenvalue weighted by atomic mass is 16.7. The van der Waals surface area contributed by atoms with E-state index in [-0.39, 0.29) is 13.0 Å². The monoisotopic (exact) mass is 460 g/mol. The summed E-state index contributed by atoms with van der Waals surface area (Å²) in [6, 6.07) is 8.26. The minimum absolute atomic E-state index is 0.0403. The van der Waals surface area contributed by atoms with Crippen LogP contribution in [0.15, 0.2) is 42.7 Å². The van der Waals surface area contributed by atoms with Gasteiger partial charge >= 0.3 is 12.1 Å². The van der Waals surface area contributed by atoms with Crippen LogP contribution in [0.3, 0.4) is 0 Å². The van der Waals surface area contributed by atoms with Crippen LogP contribution in [0.4, 0.5) is 10.7 Å². The molecule has 3 rings (SSSR count). The first kappa shape index (κ1) is 24.0. The number of ether oxygens (including phenoxy) is 1. The van der Waals surface area contributed by atoms with Gasteiger partial charge in [0, 0.05) is 25.4 Å². The minimum atomic E-state index is -2.04. The van der Waals surface area contributed by atoms with Crippen LogP contribution < -0.4 is 21.4 Å². The van der Waals surface area contributed by atoms with Crippen molar-refractivity contribution in [1.82, 2.24) is 26.1 Å². The van der Waals surface area contributed by atoms with Crippen LogP contribution in [0.25, 0.3) is 0 Å². The first-order valence-electron chi connectivity index (χ1n) is 10.6. The van der Waals surface area contributed by atoms with E-state index < -0.39 is 29.7 Å². The fraction of sp³-hybridized carbons (Fsp3) is 0.429. The summed E-state index contributed by atoms with van der Waals surface area (Å²) in [4.78, 5) is 49.3. The number of imidazole rings is 1. The molecule has 1 aromatic heterocycles. The number of aliphatic carboxylic acids is 1. The van der Waals surface area contributed by atoms with E-state index in [0.29, 0.717) is 38.4 Å². The molecule has 0 radical (unpaired) electrons. The molecule has 2 heterocycles. The molecule has 1 aliphatic rings. The van der Waals surface area contributed by atoms with Crippen LogP contribution in [-0.2, 0) is 25.8 Å². The Morgan fingerprint density at radius 2 is 2.03 bits per heavy atom. The van der Waals surface area contributed by atoms with E-state index in [2.05, 4.69) is 31.4 Å². The number of aromatic nitrogens is 2. The Labute approximate surface area is 190 Å². The Bertz CT molecular complexity index is 903. The van der Waals surface area contributed by atoms with Crippen LogP contribution >= 0.6 is 0 Å². The quantitative estimate of drug-likeness (QED) is 0.201. The molecule has 33 heavy (non-hydrogen) atoms. The molecule has 1 saturated heterocycles. The second-order valence-corrected chi connectivity index (χ2v) is 7.52. The number of hydroxylamine groups is 1. The number of nitrogens with zero attached hydrogens (tertiary/aromatic N) is 1. The van der Waals surface area contributed by atoms with Crippen molar-refractivity contribution in [2.24, 2.45) is 0 Å². The number of amides is 2. The van der Waals surface area contributed by atoms with Crippen LogP contribution in [-0.4, -0.2) is 57.9 Å². The Kier molecular flexibility index (Phi) is 8.61. The van der Waals surface area contributed by atoms with E-state index in [4.69, 9.17) is 9.57 Å². The second kappa shape index (κ2) is 11.8. The Hall–Kier alpha value is -3.64. The Morgan fingerprint density at radius 1 is 1.21 bits per heavy atom. The van der Waals surface area contributed by atoms with Gasteiger partial charge in [-0.2, -0.15) is 5.48 Å². The summed E-state index contributed by atoms with van der Waals surface area (Å²) in [5, 5.41) is 17.9. The van der Waals surface area contributed by atoms with Gasteiger partial charge in [0.15, 0.2) is 5.95 Å². The number of H-pyrrole nitrogens is 1. The molecule has 1 aliphatic heterocycles. The number of unbranched alkanes of at least 4 members (excludes halogenated alkanes) is 1. The SMILES string of the molecule is O=C(NC(CCCCNc1ncc[nH]1)(NC(=O)C1CCON1)C(=O)O)OCc1ccccc1. The molecule has 0 spiro atoms. The largest absolute Gasteiger partial charge is 0.478 e. The fourth-order valence-corrected chi connectivity index (χ4v) is 3.26. The third-order valence-corrected chi connectivity index (χ3v) is 5.05. The van der Waals surface area contributed by atoms with Gasteiger partial charge in [-0.05, 0) is 24.8 Å². The number of alkyl carbamates (subject to hydrolysis) is 1. The van der Waals surface area contributed by atoms with Crippen molar-refractivity contribution in [1.29, 1.82) is 0 Å². The molecule has 6 N–H and O–H groups in total. The number of carbonyl (C=O) groups is 3. The maximum absolute atomic E-state index is 12.6. The first-order chi connectivity index (χ1) is 16.0. The first-order valence-corrected chi connectivity index (χ1v) is 10.6. The lowest BCUT2D eigenvalue weighted by Gasteiger charge is -2.32. The highest BCUT2D eigenvalue weighted by Gasteiger charge is 2.43. The summed E-state index contributed by atoms with van der Waals surface area (Å²) in [5.41, 5.74) is 1.24. The van der Waals surface area contributed by atoms with Gasteiger partial charge in [-0.1, -0.05) is 30.3 Å². The van der Waals surface area contributed by atoms with Crippen LogP contribution in [0.2, 0.25) is 0 Å². The standard InChI is InChI=1S/C21H28N6O6/c28-17(16-8-13-33-27-16)25-21(18(29)30,9-4-5-10-22-19-23-11-12-24-19)26-20(31)32-14-15-6-2-1-3-7-15/h1-3,6-7,11-12,16,27H,4-5,8-10,13-14H2,(H,25,28)(H,26,31)(H,29,30)(H2,22,23,24). The molecule has 2 aromatic rings. The number of hydrogen-bond acceptors (Lipinski definition) is 8. The molecule has 12 heteroatoms. The maximum atomic E-state index is 12.6. The van der Waals surface area contributed by atoms with Gasteiger partial charge in [-0.3, -0.25) is 10.1 Å². The highest BCUT2D eigenvalue weighted by molar-refractivity contribution is 5.91. The van der Waals surface area contributed by atoms with Crippen molar-refractivity contribution in [2.75, 3.05) is 18.5 Å². The number of carboxylic acids is 1. The van der Waals surface area contributed by atoms with Crippen LogP contribution in [0, 0.1) is 0 Å². The molecule has 2 unspecified atom stereocenters. The van der Waals surface area contributed by atoms with Crippen LogP contribution in [0.5, 0.6) is 0 Å². The normalized spacial score (nSPS) is 17.0. The van der Waals surface area contributed by atoms with Gasteiger partial charge in [0.05, 0.1) is 6.61 Å². The average molecular weight is 460 g/mol. The zero-order valence-corrected chi connectivity index (χ0v) is 18.0. The maximum Gasteiger partial charge on any atom is 0.409 e. The fourth-order valence-electron chi connectivity index (χ4n) is 3.26. The number of carbonyl (C=O) groups excluding carboxylic acids is 2. The van der Waals surface area contributed by atoms with E-state index in [1.54, 1.807) is 36.7 Å². The van der Waals surface area contributed by atoms with E-state index in [9.17, 15) is 19.5 Å². The third kappa shape index (κ3) is 7.19. The lowest BCUT2D eigenvalue weighted by molar-refractivity contribution is -0.150. The predicted molar refractivity (Wildman–Crippen MR) is 117 cm³/mol. The molecule has 12 nitrogen and oxygen atoms in total. The molecular weight excluding hydrogens is 432 g/mol. The van der Waals surface area contributed by atoms with Gasteiger partial charge < -0.3 is 30.3 Å². The molecule has 0 saturated carbocycles. The van der Waals surface area contributed by atoms with Crippen molar-refractivity contribution in [3.05, 3.63) is 48.3 Å². The van der Waals surface area contributed by atoms with E-state index in [1.165, 1.54) is 0 Å². The van der Waals surface area contributed by atoms with Crippen molar-refractivity contribution >= 4 is 23.9 Å². The lowest BCUT2D eigenvalue weighted by atomic mass is 10.0. The number of carboxylic acid groups (broad SMARTS) is 1. The van der Waals surface area contributed by atoms with E-state index >= 15 is 0 Å². The molecule has 0 bridgehead atoms. The summed E-state index contributed by atoms with van der Waals surface area (Å²) in [6.07, 6.45) is 3.61. The smallest absolute Gasteiger partial charge is 0.409 e. The highest BCUT2D eigenvalue weighted by Crippen LogP contribution is 2.15. The summed E-state index contributed by atoms with van der Waals surface area (Å²) < 4.78 is 5.19.